The number of aromatic hydroxyl groups is 2. The Balaban J connectivity index is 1.36. The molecule has 0 aromatic heterocycles. The number of phenolic OH excluding ortho intramolecular Hbond substituents is 2. The molecule has 186 valence electrons. The molecule has 0 atom stereocenters. The van der Waals surface area contributed by atoms with Gasteiger partial charge in [-0.3, -0.25) is 0 Å². The predicted octanol–water partition coefficient (Wildman–Crippen LogP) is 8.23. The van der Waals surface area contributed by atoms with Crippen molar-refractivity contribution in [2.45, 2.75) is 13.2 Å². The summed E-state index contributed by atoms with van der Waals surface area (Å²) in [6.45, 7) is 0.937. The summed E-state index contributed by atoms with van der Waals surface area (Å²) in [6.07, 6.45) is 0. The first-order chi connectivity index (χ1) is 18.7. The molecule has 2 N–H and O–H groups in total. The van der Waals surface area contributed by atoms with Gasteiger partial charge in [-0.1, -0.05) is 72.8 Å². The lowest BCUT2D eigenvalue weighted by molar-refractivity contribution is 0.306. The van der Waals surface area contributed by atoms with Crippen molar-refractivity contribution in [3.05, 3.63) is 132 Å². The van der Waals surface area contributed by atoms with Crippen LogP contribution in [0.3, 0.4) is 0 Å². The van der Waals surface area contributed by atoms with Gasteiger partial charge in [-0.05, 0) is 81.2 Å². The Kier molecular flexibility index (Phi) is 6.29. The van der Waals surface area contributed by atoms with Crippen molar-refractivity contribution in [3.63, 3.8) is 0 Å². The van der Waals surface area contributed by atoms with Crippen molar-refractivity contribution in [1.29, 1.82) is 0 Å². The van der Waals surface area contributed by atoms with E-state index in [9.17, 15) is 10.2 Å². The van der Waals surface area contributed by atoms with E-state index in [0.717, 1.165) is 44.2 Å². The Morgan fingerprint density at radius 1 is 0.447 bits per heavy atom. The summed E-state index contributed by atoms with van der Waals surface area (Å²) in [4.78, 5) is 0. The van der Waals surface area contributed by atoms with Gasteiger partial charge in [0.25, 0.3) is 0 Å². The zero-order chi connectivity index (χ0) is 25.9. The number of hydrogen-bond acceptors (Lipinski definition) is 4. The summed E-state index contributed by atoms with van der Waals surface area (Å²) < 4.78 is 12.0. The summed E-state index contributed by atoms with van der Waals surface area (Å²) in [7, 11) is 0. The molecule has 0 bridgehead atoms. The maximum absolute atomic E-state index is 11.0. The fourth-order valence-electron chi connectivity index (χ4n) is 4.78. The molecular formula is C34H26O4. The summed E-state index contributed by atoms with van der Waals surface area (Å²) in [5.74, 6) is 1.67. The van der Waals surface area contributed by atoms with E-state index in [1.54, 1.807) is 12.1 Å². The first-order valence-corrected chi connectivity index (χ1v) is 12.5. The minimum atomic E-state index is 0.0997. The molecule has 0 saturated heterocycles. The van der Waals surface area contributed by atoms with Gasteiger partial charge >= 0.3 is 0 Å². The molecule has 0 amide bonds. The molecule has 6 aromatic carbocycles. The van der Waals surface area contributed by atoms with Crippen LogP contribution >= 0.6 is 0 Å². The lowest BCUT2D eigenvalue weighted by Gasteiger charge is -2.16. The third-order valence-electron chi connectivity index (χ3n) is 6.69. The highest BCUT2D eigenvalue weighted by atomic mass is 16.5. The van der Waals surface area contributed by atoms with Gasteiger partial charge in [0, 0.05) is 11.1 Å². The molecule has 4 heteroatoms. The molecule has 6 rings (SSSR count). The van der Waals surface area contributed by atoms with Gasteiger partial charge < -0.3 is 19.7 Å². The van der Waals surface area contributed by atoms with Gasteiger partial charge in [0.15, 0.2) is 0 Å². The normalized spacial score (nSPS) is 11.1. The Bertz CT molecular complexity index is 1600. The predicted molar refractivity (Wildman–Crippen MR) is 152 cm³/mol. The number of hydrogen-bond donors (Lipinski definition) is 2. The van der Waals surface area contributed by atoms with Crippen LogP contribution in [0.5, 0.6) is 23.0 Å². The number of phenols is 2. The minimum Gasteiger partial charge on any atom is -0.507 e. The van der Waals surface area contributed by atoms with Gasteiger partial charge in [0.1, 0.15) is 36.2 Å². The second-order valence-electron chi connectivity index (χ2n) is 9.23. The molecule has 0 aliphatic carbocycles. The molecule has 0 spiro atoms. The van der Waals surface area contributed by atoms with Gasteiger partial charge in [0.2, 0.25) is 0 Å². The second-order valence-corrected chi connectivity index (χ2v) is 9.23. The quantitative estimate of drug-likeness (QED) is 0.233. The van der Waals surface area contributed by atoms with Gasteiger partial charge in [-0.25, -0.2) is 0 Å². The van der Waals surface area contributed by atoms with Crippen LogP contribution in [0, 0.1) is 0 Å². The first kappa shape index (κ1) is 23.4. The average molecular weight is 499 g/mol. The number of ether oxygens (including phenoxy) is 2. The van der Waals surface area contributed by atoms with Crippen LogP contribution in [0.4, 0.5) is 0 Å². The molecule has 6 aromatic rings. The third-order valence-corrected chi connectivity index (χ3v) is 6.69. The Labute approximate surface area is 221 Å². The molecule has 0 aliphatic rings. The van der Waals surface area contributed by atoms with Crippen molar-refractivity contribution in [1.82, 2.24) is 0 Å². The Hall–Kier alpha value is -4.96. The minimum absolute atomic E-state index is 0.0997. The molecule has 0 heterocycles. The lowest BCUT2D eigenvalue weighted by atomic mass is 9.92. The zero-order valence-corrected chi connectivity index (χ0v) is 20.7. The van der Waals surface area contributed by atoms with Gasteiger partial charge in [0.05, 0.1) is 0 Å². The standard InChI is InChI=1S/C34H26O4/c35-31-17-11-25-19-27(37-21-23-7-3-1-4-8-23)13-15-29(25)33(31)34-30-16-14-28(20-26(30)12-18-32(34)36)38-22-24-9-5-2-6-10-24/h1-20,35-36H,21-22H2. The average Bonchev–Trinajstić information content (AvgIpc) is 2.96. The van der Waals surface area contributed by atoms with E-state index in [0.29, 0.717) is 24.3 Å². The molecule has 0 fully saturated rings. The molecular weight excluding hydrogens is 472 g/mol. The van der Waals surface area contributed by atoms with E-state index in [2.05, 4.69) is 0 Å². The van der Waals surface area contributed by atoms with Crippen molar-refractivity contribution >= 4 is 21.5 Å². The molecule has 0 radical (unpaired) electrons. The van der Waals surface area contributed by atoms with E-state index in [1.165, 1.54) is 0 Å². The topological polar surface area (TPSA) is 58.9 Å². The van der Waals surface area contributed by atoms with Crippen LogP contribution in [0.15, 0.2) is 121 Å². The van der Waals surface area contributed by atoms with E-state index in [1.807, 2.05) is 109 Å². The number of fused-ring (bicyclic) bond motifs is 2. The summed E-state index contributed by atoms with van der Waals surface area (Å²) in [5.41, 5.74) is 3.34. The van der Waals surface area contributed by atoms with Crippen LogP contribution < -0.4 is 9.47 Å². The summed E-state index contributed by atoms with van der Waals surface area (Å²) >= 11 is 0. The molecule has 0 unspecified atom stereocenters. The molecule has 4 nitrogen and oxygen atoms in total. The van der Waals surface area contributed by atoms with Crippen LogP contribution in [-0.2, 0) is 13.2 Å². The van der Waals surface area contributed by atoms with Crippen molar-refractivity contribution < 1.29 is 19.7 Å². The van der Waals surface area contributed by atoms with Crippen LogP contribution in [0.25, 0.3) is 32.7 Å². The van der Waals surface area contributed by atoms with Crippen LogP contribution in [0.2, 0.25) is 0 Å². The number of benzene rings is 6. The SMILES string of the molecule is Oc1ccc2cc(OCc3ccccc3)ccc2c1-c1c(O)ccc2cc(OCc3ccccc3)ccc12. The maximum atomic E-state index is 11.0. The van der Waals surface area contributed by atoms with Crippen molar-refractivity contribution in [2.75, 3.05) is 0 Å². The van der Waals surface area contributed by atoms with Crippen molar-refractivity contribution in [3.8, 4) is 34.1 Å². The van der Waals surface area contributed by atoms with E-state index in [4.69, 9.17) is 9.47 Å². The third kappa shape index (κ3) is 4.72. The van der Waals surface area contributed by atoms with Gasteiger partial charge in [-0.15, -0.1) is 0 Å². The monoisotopic (exact) mass is 498 g/mol. The smallest absolute Gasteiger partial charge is 0.124 e. The summed E-state index contributed by atoms with van der Waals surface area (Å²) in [6, 6.07) is 38.6. The largest absolute Gasteiger partial charge is 0.507 e. The first-order valence-electron chi connectivity index (χ1n) is 12.5. The van der Waals surface area contributed by atoms with E-state index < -0.39 is 0 Å². The molecule has 0 saturated carbocycles. The highest BCUT2D eigenvalue weighted by Gasteiger charge is 2.17. The number of rotatable bonds is 7. The fourth-order valence-corrected chi connectivity index (χ4v) is 4.78. The highest BCUT2D eigenvalue weighted by molar-refractivity contribution is 6.10. The fraction of sp³-hybridized carbons (Fsp3) is 0.0588. The molecule has 0 aliphatic heterocycles. The zero-order valence-electron chi connectivity index (χ0n) is 20.7. The molecule has 38 heavy (non-hydrogen) atoms. The van der Waals surface area contributed by atoms with E-state index in [-0.39, 0.29) is 11.5 Å². The van der Waals surface area contributed by atoms with Crippen LogP contribution in [0.1, 0.15) is 11.1 Å². The highest BCUT2D eigenvalue weighted by Crippen LogP contribution is 2.45. The lowest BCUT2D eigenvalue weighted by Crippen LogP contribution is -1.95. The summed E-state index contributed by atoms with van der Waals surface area (Å²) in [5, 5.41) is 25.4. The van der Waals surface area contributed by atoms with Crippen LogP contribution in [-0.4, -0.2) is 10.2 Å². The maximum Gasteiger partial charge on any atom is 0.124 e. The Morgan fingerprint density at radius 2 is 0.868 bits per heavy atom. The van der Waals surface area contributed by atoms with Gasteiger partial charge in [-0.2, -0.15) is 0 Å². The van der Waals surface area contributed by atoms with Crippen molar-refractivity contribution in [2.24, 2.45) is 0 Å². The van der Waals surface area contributed by atoms with E-state index >= 15 is 0 Å². The Morgan fingerprint density at radius 3 is 1.29 bits per heavy atom. The second kappa shape index (κ2) is 10.2.